The molecule has 2 aromatic rings. The maximum atomic E-state index is 13.0. The van der Waals surface area contributed by atoms with E-state index < -0.39 is 16.1 Å². The minimum Gasteiger partial charge on any atom is -0.445 e. The Morgan fingerprint density at radius 2 is 1.61 bits per heavy atom. The molecule has 1 saturated heterocycles. The Bertz CT molecular complexity index is 1080. The molecule has 0 atom stereocenters. The average Bonchev–Trinajstić information content (AvgIpc) is 3.24. The summed E-state index contributed by atoms with van der Waals surface area (Å²) in [5.74, 6) is -0.120. The van der Waals surface area contributed by atoms with Crippen molar-refractivity contribution in [3.8, 4) is 0 Å². The first-order valence-corrected chi connectivity index (χ1v) is 11.4. The van der Waals surface area contributed by atoms with E-state index in [0.29, 0.717) is 12.2 Å². The zero-order chi connectivity index (χ0) is 21.8. The van der Waals surface area contributed by atoms with E-state index in [2.05, 4.69) is 0 Å². The van der Waals surface area contributed by atoms with Crippen molar-refractivity contribution in [1.29, 1.82) is 0 Å². The van der Waals surface area contributed by atoms with Crippen LogP contribution in [-0.2, 0) is 26.2 Å². The molecule has 0 bridgehead atoms. The van der Waals surface area contributed by atoms with Crippen molar-refractivity contribution in [3.05, 3.63) is 72.3 Å². The first kappa shape index (κ1) is 21.1. The largest absolute Gasteiger partial charge is 0.445 e. The van der Waals surface area contributed by atoms with Gasteiger partial charge in [-0.2, -0.15) is 4.31 Å². The van der Waals surface area contributed by atoms with Crippen molar-refractivity contribution in [2.75, 3.05) is 37.6 Å². The molecule has 0 aliphatic carbocycles. The maximum absolute atomic E-state index is 13.0. The lowest BCUT2D eigenvalue weighted by atomic mass is 10.2. The quantitative estimate of drug-likeness (QED) is 0.710. The molecule has 0 N–H and O–H groups in total. The second kappa shape index (κ2) is 8.91. The van der Waals surface area contributed by atoms with Crippen molar-refractivity contribution >= 4 is 27.7 Å². The second-order valence-electron chi connectivity index (χ2n) is 7.28. The molecular formula is C22H23N3O5S. The highest BCUT2D eigenvalue weighted by atomic mass is 32.2. The summed E-state index contributed by atoms with van der Waals surface area (Å²) in [7, 11) is -3.68. The van der Waals surface area contributed by atoms with E-state index in [1.165, 1.54) is 27.4 Å². The van der Waals surface area contributed by atoms with Gasteiger partial charge in [0.2, 0.25) is 10.0 Å². The summed E-state index contributed by atoms with van der Waals surface area (Å²) >= 11 is 0. The number of anilines is 1. The summed E-state index contributed by atoms with van der Waals surface area (Å²) < 4.78 is 32.6. The van der Waals surface area contributed by atoms with Gasteiger partial charge in [0, 0.05) is 44.5 Å². The predicted octanol–water partition coefficient (Wildman–Crippen LogP) is 2.23. The monoisotopic (exact) mass is 441 g/mol. The van der Waals surface area contributed by atoms with Crippen LogP contribution < -0.4 is 4.90 Å². The molecule has 2 heterocycles. The van der Waals surface area contributed by atoms with Gasteiger partial charge in [0.05, 0.1) is 4.90 Å². The van der Waals surface area contributed by atoms with Gasteiger partial charge in [-0.05, 0) is 29.8 Å². The Morgan fingerprint density at radius 1 is 0.935 bits per heavy atom. The fourth-order valence-corrected chi connectivity index (χ4v) is 4.96. The highest BCUT2D eigenvalue weighted by Crippen LogP contribution is 2.23. The number of amides is 2. The van der Waals surface area contributed by atoms with Crippen molar-refractivity contribution in [3.63, 3.8) is 0 Å². The van der Waals surface area contributed by atoms with Crippen LogP contribution >= 0.6 is 0 Å². The molecule has 0 aromatic heterocycles. The van der Waals surface area contributed by atoms with Gasteiger partial charge in [-0.3, -0.25) is 4.79 Å². The van der Waals surface area contributed by atoms with Crippen LogP contribution in [0.4, 0.5) is 10.5 Å². The minimum atomic E-state index is -3.68. The topological polar surface area (TPSA) is 87.2 Å². The second-order valence-corrected chi connectivity index (χ2v) is 9.21. The highest BCUT2D eigenvalue weighted by Gasteiger charge is 2.31. The van der Waals surface area contributed by atoms with Crippen LogP contribution in [0.15, 0.2) is 71.6 Å². The fraction of sp³-hybridized carbons (Fsp3) is 0.273. The number of hydrogen-bond donors (Lipinski definition) is 0. The molecule has 4 rings (SSSR count). The lowest BCUT2D eigenvalue weighted by Crippen LogP contribution is -2.50. The normalized spacial score (nSPS) is 17.2. The number of ether oxygens (including phenoxy) is 1. The minimum absolute atomic E-state index is 0.120. The maximum Gasteiger partial charge on any atom is 0.410 e. The standard InChI is InChI=1S/C22H23N3O5S/c26-21-7-4-12-25(21)19-8-10-20(11-9-19)31(28,29)24-15-13-23(14-16-24)22(27)30-17-18-5-2-1-3-6-18/h1-11H,12-17H2. The zero-order valence-electron chi connectivity index (χ0n) is 16.9. The number of benzene rings is 2. The molecule has 0 saturated carbocycles. The van der Waals surface area contributed by atoms with Crippen LogP contribution in [0.1, 0.15) is 5.56 Å². The van der Waals surface area contributed by atoms with Crippen molar-refractivity contribution in [2.45, 2.75) is 11.5 Å². The lowest BCUT2D eigenvalue weighted by Gasteiger charge is -2.33. The van der Waals surface area contributed by atoms with Gasteiger partial charge < -0.3 is 14.5 Å². The van der Waals surface area contributed by atoms with E-state index in [0.717, 1.165) is 5.56 Å². The third-order valence-electron chi connectivity index (χ3n) is 5.30. The Morgan fingerprint density at radius 3 is 2.23 bits per heavy atom. The summed E-state index contributed by atoms with van der Waals surface area (Å²) in [4.78, 5) is 27.3. The van der Waals surface area contributed by atoms with Crippen molar-refractivity contribution in [2.24, 2.45) is 0 Å². The molecule has 1 fully saturated rings. The number of hydrogen-bond acceptors (Lipinski definition) is 5. The number of carbonyl (C=O) groups excluding carboxylic acids is 2. The summed E-state index contributed by atoms with van der Waals surface area (Å²) in [5.41, 5.74) is 1.55. The molecule has 0 radical (unpaired) electrons. The SMILES string of the molecule is O=C(OCc1ccccc1)N1CCN(S(=O)(=O)c2ccc(N3CC=CC3=O)cc2)CC1. The average molecular weight is 442 g/mol. The number of sulfonamides is 1. The van der Waals surface area contributed by atoms with E-state index in [1.54, 1.807) is 23.1 Å². The highest BCUT2D eigenvalue weighted by molar-refractivity contribution is 7.89. The summed E-state index contributed by atoms with van der Waals surface area (Å²) in [5, 5.41) is 0. The number of piperazine rings is 1. The number of carbonyl (C=O) groups is 2. The van der Waals surface area contributed by atoms with Crippen LogP contribution in [0.5, 0.6) is 0 Å². The Hall–Kier alpha value is -3.17. The summed E-state index contributed by atoms with van der Waals surface area (Å²) in [6.45, 7) is 1.57. The number of rotatable bonds is 5. The fourth-order valence-electron chi connectivity index (χ4n) is 3.54. The molecule has 2 aliphatic heterocycles. The van der Waals surface area contributed by atoms with Gasteiger partial charge in [0.1, 0.15) is 6.61 Å². The molecule has 8 nitrogen and oxygen atoms in total. The van der Waals surface area contributed by atoms with Crippen LogP contribution in [0.3, 0.4) is 0 Å². The van der Waals surface area contributed by atoms with Crippen LogP contribution in [0.2, 0.25) is 0 Å². The summed E-state index contributed by atoms with van der Waals surface area (Å²) in [6.07, 6.45) is 2.81. The van der Waals surface area contributed by atoms with Crippen LogP contribution in [0.25, 0.3) is 0 Å². The molecule has 2 aliphatic rings. The van der Waals surface area contributed by atoms with Gasteiger partial charge in [0.15, 0.2) is 0 Å². The van der Waals surface area contributed by atoms with E-state index in [1.807, 2.05) is 30.3 Å². The third kappa shape index (κ3) is 4.62. The lowest BCUT2D eigenvalue weighted by molar-refractivity contribution is -0.113. The van der Waals surface area contributed by atoms with Gasteiger partial charge in [0.25, 0.3) is 5.91 Å². The molecule has 31 heavy (non-hydrogen) atoms. The number of nitrogens with zero attached hydrogens (tertiary/aromatic N) is 3. The molecule has 9 heteroatoms. The molecule has 0 unspecified atom stereocenters. The third-order valence-corrected chi connectivity index (χ3v) is 7.22. The molecule has 2 aromatic carbocycles. The van der Waals surface area contributed by atoms with Crippen LogP contribution in [-0.4, -0.2) is 62.3 Å². The molecule has 2 amide bonds. The van der Waals surface area contributed by atoms with Crippen LogP contribution in [0, 0.1) is 0 Å². The predicted molar refractivity (Wildman–Crippen MR) is 115 cm³/mol. The molecule has 162 valence electrons. The first-order chi connectivity index (χ1) is 14.9. The van der Waals surface area contributed by atoms with E-state index in [-0.39, 0.29) is 43.6 Å². The Kier molecular flexibility index (Phi) is 6.06. The smallest absolute Gasteiger partial charge is 0.410 e. The van der Waals surface area contributed by atoms with Crippen molar-refractivity contribution in [1.82, 2.24) is 9.21 Å². The van der Waals surface area contributed by atoms with Gasteiger partial charge in [-0.25, -0.2) is 13.2 Å². The zero-order valence-corrected chi connectivity index (χ0v) is 17.7. The first-order valence-electron chi connectivity index (χ1n) is 9.99. The van der Waals surface area contributed by atoms with Gasteiger partial charge >= 0.3 is 6.09 Å². The van der Waals surface area contributed by atoms with E-state index in [9.17, 15) is 18.0 Å². The van der Waals surface area contributed by atoms with Crippen molar-refractivity contribution < 1.29 is 22.7 Å². The van der Waals surface area contributed by atoms with E-state index in [4.69, 9.17) is 4.74 Å². The van der Waals surface area contributed by atoms with E-state index >= 15 is 0 Å². The Balaban J connectivity index is 1.33. The van der Waals surface area contributed by atoms with Gasteiger partial charge in [-0.1, -0.05) is 36.4 Å². The summed E-state index contributed by atoms with van der Waals surface area (Å²) in [6, 6.07) is 15.7. The molecular weight excluding hydrogens is 418 g/mol. The molecule has 0 spiro atoms. The van der Waals surface area contributed by atoms with Gasteiger partial charge in [-0.15, -0.1) is 0 Å². The Labute approximate surface area is 181 Å².